The minimum Gasteiger partial charge on any atom is -0.0882 e. The van der Waals surface area contributed by atoms with Crippen LogP contribution in [-0.2, 0) is 0 Å². The summed E-state index contributed by atoms with van der Waals surface area (Å²) < 4.78 is 0. The summed E-state index contributed by atoms with van der Waals surface area (Å²) in [6, 6.07) is 0. The minimum atomic E-state index is 1.11. The fourth-order valence-electron chi connectivity index (χ4n) is 0.995. The van der Waals surface area contributed by atoms with Crippen LogP contribution in [-0.4, -0.2) is 0 Å². The molecule has 0 bridgehead atoms. The van der Waals surface area contributed by atoms with Gasteiger partial charge in [-0.15, -0.1) is 0 Å². The Morgan fingerprint density at radius 1 is 0.750 bits per heavy atom. The zero-order valence-electron chi connectivity index (χ0n) is 8.55. The first-order valence-corrected chi connectivity index (χ1v) is 5.21. The van der Waals surface area contributed by atoms with Crippen molar-refractivity contribution in [1.82, 2.24) is 0 Å². The van der Waals surface area contributed by atoms with Crippen molar-refractivity contribution < 1.29 is 0 Å². The lowest BCUT2D eigenvalue weighted by Crippen LogP contribution is -1.67. The number of hydrogen-bond acceptors (Lipinski definition) is 0. The Morgan fingerprint density at radius 2 is 1.42 bits per heavy atom. The molecule has 0 heterocycles. The highest BCUT2D eigenvalue weighted by atomic mass is 13.8. The lowest BCUT2D eigenvalue weighted by atomic mass is 10.2. The highest BCUT2D eigenvalue weighted by molar-refractivity contribution is 4.92. The Morgan fingerprint density at radius 3 is 2.00 bits per heavy atom. The highest BCUT2D eigenvalue weighted by Gasteiger charge is 1.77. The maximum absolute atomic E-state index is 2.29. The first-order valence-electron chi connectivity index (χ1n) is 5.21. The van der Waals surface area contributed by atoms with E-state index in [0.29, 0.717) is 0 Å². The van der Waals surface area contributed by atoms with Crippen LogP contribution in [0.4, 0.5) is 0 Å². The van der Waals surface area contributed by atoms with E-state index in [9.17, 15) is 0 Å². The SMILES string of the molecule is CCC/C=C\CC=CCCCC. The van der Waals surface area contributed by atoms with Crippen molar-refractivity contribution in [2.75, 3.05) is 0 Å². The third-order valence-corrected chi connectivity index (χ3v) is 1.79. The zero-order chi connectivity index (χ0) is 9.07. The van der Waals surface area contributed by atoms with Crippen molar-refractivity contribution >= 4 is 0 Å². The lowest BCUT2D eigenvalue weighted by Gasteiger charge is -1.87. The maximum atomic E-state index is 2.29. The number of unbranched alkanes of at least 4 members (excludes halogenated alkanes) is 3. The minimum absolute atomic E-state index is 1.11. The van der Waals surface area contributed by atoms with Gasteiger partial charge in [0.1, 0.15) is 0 Å². The van der Waals surface area contributed by atoms with E-state index >= 15 is 0 Å². The Bertz CT molecular complexity index is 120. The molecule has 0 saturated heterocycles. The smallest absolute Gasteiger partial charge is 0.0169 e. The van der Waals surface area contributed by atoms with Gasteiger partial charge in [0, 0.05) is 0 Å². The average molecular weight is 166 g/mol. The van der Waals surface area contributed by atoms with Crippen LogP contribution in [0.3, 0.4) is 0 Å². The van der Waals surface area contributed by atoms with Crippen LogP contribution in [0.15, 0.2) is 24.3 Å². The third-order valence-electron chi connectivity index (χ3n) is 1.79. The molecular weight excluding hydrogens is 144 g/mol. The first kappa shape index (κ1) is 11.5. The van der Waals surface area contributed by atoms with Crippen LogP contribution in [0.2, 0.25) is 0 Å². The van der Waals surface area contributed by atoms with Gasteiger partial charge in [-0.3, -0.25) is 0 Å². The molecule has 0 nitrogen and oxygen atoms in total. The molecule has 0 aromatic heterocycles. The summed E-state index contributed by atoms with van der Waals surface area (Å²) in [4.78, 5) is 0. The summed E-state index contributed by atoms with van der Waals surface area (Å²) in [7, 11) is 0. The summed E-state index contributed by atoms with van der Waals surface area (Å²) >= 11 is 0. The van der Waals surface area contributed by atoms with E-state index in [4.69, 9.17) is 0 Å². The molecule has 0 atom stereocenters. The van der Waals surface area contributed by atoms with Crippen LogP contribution < -0.4 is 0 Å². The van der Waals surface area contributed by atoms with E-state index in [-0.39, 0.29) is 0 Å². The maximum Gasteiger partial charge on any atom is -0.0169 e. The summed E-state index contributed by atoms with van der Waals surface area (Å²) in [6.07, 6.45) is 16.6. The van der Waals surface area contributed by atoms with Crippen molar-refractivity contribution in [2.24, 2.45) is 0 Å². The molecule has 0 aliphatic carbocycles. The second kappa shape index (κ2) is 10.5. The summed E-state index contributed by atoms with van der Waals surface area (Å²) in [5, 5.41) is 0. The van der Waals surface area contributed by atoms with Gasteiger partial charge in [-0.25, -0.2) is 0 Å². The van der Waals surface area contributed by atoms with E-state index < -0.39 is 0 Å². The van der Waals surface area contributed by atoms with Crippen molar-refractivity contribution in [3.63, 3.8) is 0 Å². The van der Waals surface area contributed by atoms with Crippen LogP contribution >= 0.6 is 0 Å². The van der Waals surface area contributed by atoms with E-state index in [1.807, 2.05) is 0 Å². The van der Waals surface area contributed by atoms with Gasteiger partial charge in [0.05, 0.1) is 0 Å². The second-order valence-electron chi connectivity index (χ2n) is 3.11. The number of rotatable bonds is 7. The quantitative estimate of drug-likeness (QED) is 0.386. The lowest BCUT2D eigenvalue weighted by molar-refractivity contribution is 0.813. The van der Waals surface area contributed by atoms with Crippen LogP contribution in [0.1, 0.15) is 52.4 Å². The average Bonchev–Trinajstić information content (AvgIpc) is 2.10. The largest absolute Gasteiger partial charge is 0.0882 e. The Hall–Kier alpha value is -0.520. The molecule has 0 aromatic carbocycles. The molecule has 0 aliphatic rings. The molecule has 0 heteroatoms. The molecule has 0 radical (unpaired) electrons. The van der Waals surface area contributed by atoms with Crippen molar-refractivity contribution in [2.45, 2.75) is 52.4 Å². The fraction of sp³-hybridized carbons (Fsp3) is 0.667. The molecule has 12 heavy (non-hydrogen) atoms. The monoisotopic (exact) mass is 166 g/mol. The van der Waals surface area contributed by atoms with Crippen molar-refractivity contribution in [3.8, 4) is 0 Å². The van der Waals surface area contributed by atoms with Crippen LogP contribution in [0.25, 0.3) is 0 Å². The van der Waals surface area contributed by atoms with Crippen molar-refractivity contribution in [1.29, 1.82) is 0 Å². The molecule has 0 aliphatic heterocycles. The molecule has 0 fully saturated rings. The standard InChI is InChI=1S/C12H22/c1-3-5-7-9-11-12-10-8-6-4-2/h7,9-10,12H,3-6,8,11H2,1-2H3/b9-7-,12-10?. The Kier molecular flexibility index (Phi) is 10.0. The van der Waals surface area contributed by atoms with E-state index in [0.717, 1.165) is 6.42 Å². The second-order valence-corrected chi connectivity index (χ2v) is 3.11. The third kappa shape index (κ3) is 9.48. The Balaban J connectivity index is 3.12. The fourth-order valence-corrected chi connectivity index (χ4v) is 0.995. The number of hydrogen-bond donors (Lipinski definition) is 0. The van der Waals surface area contributed by atoms with Crippen LogP contribution in [0, 0.1) is 0 Å². The molecule has 0 N–H and O–H groups in total. The van der Waals surface area contributed by atoms with Crippen LogP contribution in [0.5, 0.6) is 0 Å². The van der Waals surface area contributed by atoms with Gasteiger partial charge in [-0.1, -0.05) is 57.4 Å². The molecule has 0 amide bonds. The van der Waals surface area contributed by atoms with Gasteiger partial charge in [0.25, 0.3) is 0 Å². The molecule has 0 unspecified atom stereocenters. The molecular formula is C12H22. The van der Waals surface area contributed by atoms with E-state index in [1.165, 1.54) is 32.1 Å². The Labute approximate surface area is 77.4 Å². The van der Waals surface area contributed by atoms with Gasteiger partial charge in [-0.2, -0.15) is 0 Å². The van der Waals surface area contributed by atoms with Gasteiger partial charge >= 0.3 is 0 Å². The first-order chi connectivity index (χ1) is 5.91. The van der Waals surface area contributed by atoms with Gasteiger partial charge in [0.2, 0.25) is 0 Å². The predicted octanol–water partition coefficient (Wildman–Crippen LogP) is 4.48. The summed E-state index contributed by atoms with van der Waals surface area (Å²) in [5.41, 5.74) is 0. The topological polar surface area (TPSA) is 0 Å². The normalized spacial score (nSPS) is 11.8. The summed E-state index contributed by atoms with van der Waals surface area (Å²) in [6.45, 7) is 4.44. The predicted molar refractivity (Wildman–Crippen MR) is 57.3 cm³/mol. The highest BCUT2D eigenvalue weighted by Crippen LogP contribution is 1.97. The summed E-state index contributed by atoms with van der Waals surface area (Å²) in [5.74, 6) is 0. The van der Waals surface area contributed by atoms with Crippen molar-refractivity contribution in [3.05, 3.63) is 24.3 Å². The van der Waals surface area contributed by atoms with E-state index in [1.54, 1.807) is 0 Å². The molecule has 0 rings (SSSR count). The molecule has 0 spiro atoms. The van der Waals surface area contributed by atoms with Gasteiger partial charge in [-0.05, 0) is 19.3 Å². The van der Waals surface area contributed by atoms with E-state index in [2.05, 4.69) is 38.2 Å². The molecule has 0 saturated carbocycles. The van der Waals surface area contributed by atoms with Gasteiger partial charge in [0.15, 0.2) is 0 Å². The zero-order valence-corrected chi connectivity index (χ0v) is 8.55. The van der Waals surface area contributed by atoms with Gasteiger partial charge < -0.3 is 0 Å². The molecule has 70 valence electrons. The number of allylic oxidation sites excluding steroid dienone is 4. The molecule has 0 aromatic rings.